The molecule has 1 unspecified atom stereocenters. The third-order valence-electron chi connectivity index (χ3n) is 2.02. The zero-order valence-electron chi connectivity index (χ0n) is 10.0. The van der Waals surface area contributed by atoms with Crippen LogP contribution in [-0.2, 0) is 4.74 Å². The fourth-order valence-electron chi connectivity index (χ4n) is 1.20. The van der Waals surface area contributed by atoms with Crippen LogP contribution in [0.5, 0.6) is 0 Å². The van der Waals surface area contributed by atoms with Gasteiger partial charge in [-0.25, -0.2) is 0 Å². The molecule has 14 heavy (non-hydrogen) atoms. The Bertz CT molecular complexity index is 114. The minimum Gasteiger partial charge on any atom is -0.383 e. The van der Waals surface area contributed by atoms with Gasteiger partial charge in [0.25, 0.3) is 0 Å². The Balaban J connectivity index is 3.40. The summed E-state index contributed by atoms with van der Waals surface area (Å²) in [5.41, 5.74) is 0. The van der Waals surface area contributed by atoms with Gasteiger partial charge in [-0.15, -0.1) is 0 Å². The molecule has 0 spiro atoms. The lowest BCUT2D eigenvalue weighted by molar-refractivity contribution is 0.174. The van der Waals surface area contributed by atoms with E-state index in [0.29, 0.717) is 6.04 Å². The topological polar surface area (TPSA) is 21.3 Å². The van der Waals surface area contributed by atoms with Crippen molar-refractivity contribution in [2.75, 3.05) is 31.8 Å². The lowest BCUT2D eigenvalue weighted by Crippen LogP contribution is -2.35. The van der Waals surface area contributed by atoms with Crippen LogP contribution < -0.4 is 5.32 Å². The highest BCUT2D eigenvalue weighted by Gasteiger charge is 2.06. The van der Waals surface area contributed by atoms with Crippen molar-refractivity contribution in [3.8, 4) is 0 Å². The van der Waals surface area contributed by atoms with E-state index in [2.05, 4.69) is 26.1 Å². The molecule has 0 saturated heterocycles. The predicted octanol–water partition coefficient (Wildman–Crippen LogP) is 2.39. The van der Waals surface area contributed by atoms with E-state index in [1.165, 1.54) is 12.2 Å². The van der Waals surface area contributed by atoms with E-state index in [0.717, 1.165) is 24.8 Å². The largest absolute Gasteiger partial charge is 0.383 e. The number of ether oxygens (including phenoxy) is 1. The molecule has 2 nitrogen and oxygen atoms in total. The first-order chi connectivity index (χ1) is 6.70. The number of thioether (sulfide) groups is 1. The van der Waals surface area contributed by atoms with Crippen molar-refractivity contribution in [2.24, 2.45) is 5.92 Å². The summed E-state index contributed by atoms with van der Waals surface area (Å²) in [5, 5.41) is 3.43. The van der Waals surface area contributed by atoms with Crippen molar-refractivity contribution >= 4 is 11.8 Å². The summed E-state index contributed by atoms with van der Waals surface area (Å²) >= 11 is 2.03. The molecule has 0 aromatic carbocycles. The Morgan fingerprint density at radius 2 is 2.07 bits per heavy atom. The van der Waals surface area contributed by atoms with Gasteiger partial charge in [-0.2, -0.15) is 11.8 Å². The molecule has 0 rings (SSSR count). The lowest BCUT2D eigenvalue weighted by atomic mass is 10.2. The molecule has 3 heteroatoms. The van der Waals surface area contributed by atoms with Gasteiger partial charge in [0.15, 0.2) is 0 Å². The normalized spacial score (nSPS) is 13.5. The summed E-state index contributed by atoms with van der Waals surface area (Å²) in [6, 6.07) is 0.516. The molecule has 0 bridgehead atoms. The van der Waals surface area contributed by atoms with Crippen LogP contribution in [-0.4, -0.2) is 37.8 Å². The van der Waals surface area contributed by atoms with E-state index in [1.54, 1.807) is 7.11 Å². The summed E-state index contributed by atoms with van der Waals surface area (Å²) in [6.07, 6.45) is 1.32. The van der Waals surface area contributed by atoms with E-state index in [-0.39, 0.29) is 0 Å². The number of rotatable bonds is 9. The Morgan fingerprint density at radius 1 is 1.36 bits per heavy atom. The highest BCUT2D eigenvalue weighted by molar-refractivity contribution is 7.99. The van der Waals surface area contributed by atoms with Gasteiger partial charge in [0.2, 0.25) is 0 Å². The Morgan fingerprint density at radius 3 is 2.57 bits per heavy atom. The molecular weight excluding hydrogens is 194 g/mol. The third-order valence-corrected chi connectivity index (χ3v) is 3.18. The van der Waals surface area contributed by atoms with Gasteiger partial charge in [-0.1, -0.05) is 20.8 Å². The van der Waals surface area contributed by atoms with Gasteiger partial charge < -0.3 is 10.1 Å². The molecule has 86 valence electrons. The number of hydrogen-bond acceptors (Lipinski definition) is 3. The van der Waals surface area contributed by atoms with E-state index in [1.807, 2.05) is 11.8 Å². The number of likely N-dealkylation sites (N-methyl/N-ethyl adjacent to an activating group) is 1. The van der Waals surface area contributed by atoms with Gasteiger partial charge in [-0.3, -0.25) is 0 Å². The number of nitrogens with one attached hydrogen (secondary N) is 1. The van der Waals surface area contributed by atoms with Crippen molar-refractivity contribution in [2.45, 2.75) is 33.2 Å². The fourth-order valence-corrected chi connectivity index (χ4v) is 2.50. The second-order valence-corrected chi connectivity index (χ2v) is 5.12. The van der Waals surface area contributed by atoms with E-state index in [9.17, 15) is 0 Å². The van der Waals surface area contributed by atoms with Crippen LogP contribution in [0.2, 0.25) is 0 Å². The predicted molar refractivity (Wildman–Crippen MR) is 66.1 cm³/mol. The van der Waals surface area contributed by atoms with Crippen LogP contribution in [0.1, 0.15) is 27.2 Å². The SMILES string of the molecule is CCNC(COC)CSCCC(C)C. The van der Waals surface area contributed by atoms with Crippen LogP contribution in [0.15, 0.2) is 0 Å². The smallest absolute Gasteiger partial charge is 0.0623 e. The lowest BCUT2D eigenvalue weighted by Gasteiger charge is -2.16. The molecule has 1 atom stereocenters. The quantitative estimate of drug-likeness (QED) is 0.602. The molecule has 1 N–H and O–H groups in total. The molecular formula is C11H25NOS. The van der Waals surface area contributed by atoms with Gasteiger partial charge in [-0.05, 0) is 24.6 Å². The maximum Gasteiger partial charge on any atom is 0.0623 e. The maximum absolute atomic E-state index is 5.16. The molecule has 0 aliphatic heterocycles. The maximum atomic E-state index is 5.16. The first-order valence-corrected chi connectivity index (χ1v) is 6.66. The van der Waals surface area contributed by atoms with Crippen LogP contribution in [0.25, 0.3) is 0 Å². The molecule has 0 aromatic heterocycles. The minimum atomic E-state index is 0.516. The third kappa shape index (κ3) is 8.85. The number of methoxy groups -OCH3 is 1. The summed E-state index contributed by atoms with van der Waals surface area (Å²) in [7, 11) is 1.77. The van der Waals surface area contributed by atoms with Gasteiger partial charge >= 0.3 is 0 Å². The molecule has 0 saturated carbocycles. The summed E-state index contributed by atoms with van der Waals surface area (Å²) in [5.74, 6) is 3.25. The standard InChI is InChI=1S/C11H25NOS/c1-5-12-11(8-13-4)9-14-7-6-10(2)3/h10-12H,5-9H2,1-4H3. The fraction of sp³-hybridized carbons (Fsp3) is 1.00. The molecule has 0 amide bonds. The average molecular weight is 219 g/mol. The van der Waals surface area contributed by atoms with Crippen LogP contribution in [0.4, 0.5) is 0 Å². The Hall–Kier alpha value is 0.270. The number of hydrogen-bond donors (Lipinski definition) is 1. The molecule has 0 aliphatic rings. The van der Waals surface area contributed by atoms with Crippen LogP contribution in [0, 0.1) is 5.92 Å². The van der Waals surface area contributed by atoms with Crippen LogP contribution in [0.3, 0.4) is 0 Å². The Kier molecular flexibility index (Phi) is 10.0. The average Bonchev–Trinajstić information content (AvgIpc) is 2.12. The highest BCUT2D eigenvalue weighted by Crippen LogP contribution is 2.10. The molecule has 0 fully saturated rings. The molecule has 0 aromatic rings. The first-order valence-electron chi connectivity index (χ1n) is 5.50. The second-order valence-electron chi connectivity index (χ2n) is 3.97. The zero-order valence-corrected chi connectivity index (χ0v) is 10.8. The molecule has 0 heterocycles. The summed E-state index contributed by atoms with van der Waals surface area (Å²) < 4.78 is 5.16. The van der Waals surface area contributed by atoms with E-state index < -0.39 is 0 Å². The van der Waals surface area contributed by atoms with Gasteiger partial charge in [0.05, 0.1) is 6.61 Å². The second kappa shape index (κ2) is 9.81. The van der Waals surface area contributed by atoms with Gasteiger partial charge in [0.1, 0.15) is 0 Å². The van der Waals surface area contributed by atoms with Crippen LogP contribution >= 0.6 is 11.8 Å². The first kappa shape index (κ1) is 14.3. The monoisotopic (exact) mass is 219 g/mol. The van der Waals surface area contributed by atoms with Crippen molar-refractivity contribution in [3.63, 3.8) is 0 Å². The van der Waals surface area contributed by atoms with E-state index in [4.69, 9.17) is 4.74 Å². The summed E-state index contributed by atoms with van der Waals surface area (Å²) in [6.45, 7) is 8.54. The van der Waals surface area contributed by atoms with E-state index >= 15 is 0 Å². The highest BCUT2D eigenvalue weighted by atomic mass is 32.2. The van der Waals surface area contributed by atoms with Gasteiger partial charge in [0, 0.05) is 18.9 Å². The van der Waals surface area contributed by atoms with Crippen molar-refractivity contribution < 1.29 is 4.74 Å². The van der Waals surface area contributed by atoms with Crippen molar-refractivity contribution in [1.82, 2.24) is 5.32 Å². The minimum absolute atomic E-state index is 0.516. The Labute approximate surface area is 93.2 Å². The zero-order chi connectivity index (χ0) is 10.8. The molecule has 0 radical (unpaired) electrons. The van der Waals surface area contributed by atoms with Crippen molar-refractivity contribution in [3.05, 3.63) is 0 Å². The van der Waals surface area contributed by atoms with Crippen molar-refractivity contribution in [1.29, 1.82) is 0 Å². The summed E-state index contributed by atoms with van der Waals surface area (Å²) in [4.78, 5) is 0. The molecule has 0 aliphatic carbocycles.